The van der Waals surface area contributed by atoms with Crippen LogP contribution in [-0.4, -0.2) is 42.3 Å². The van der Waals surface area contributed by atoms with E-state index in [9.17, 15) is 18.0 Å². The SMILES string of the molecule is CCN1C(=O)C=C[C@]2(C)[C@H]3CC[C@]4(C)[C@@H](C(=O)Nc5cccc(OS(=O)(=O)O)c5C)CC[C@H]4[C@@H]3CC[C@@H]12. The van der Waals surface area contributed by atoms with E-state index in [0.29, 0.717) is 29.0 Å². The lowest BCUT2D eigenvalue weighted by Crippen LogP contribution is -2.60. The highest BCUT2D eigenvalue weighted by Gasteiger charge is 2.61. The summed E-state index contributed by atoms with van der Waals surface area (Å²) >= 11 is 0. The van der Waals surface area contributed by atoms with Crippen molar-refractivity contribution < 1.29 is 26.7 Å². The number of hydrogen-bond acceptors (Lipinski definition) is 5. The highest BCUT2D eigenvalue weighted by molar-refractivity contribution is 7.81. The predicted octanol–water partition coefficient (Wildman–Crippen LogP) is 4.76. The minimum absolute atomic E-state index is 0.0125. The molecule has 37 heavy (non-hydrogen) atoms. The Hall–Kier alpha value is -2.39. The van der Waals surface area contributed by atoms with Gasteiger partial charge in [0.2, 0.25) is 11.8 Å². The van der Waals surface area contributed by atoms with Crippen LogP contribution >= 0.6 is 0 Å². The van der Waals surface area contributed by atoms with Crippen LogP contribution in [0.4, 0.5) is 5.69 Å². The maximum atomic E-state index is 13.6. The molecule has 2 N–H and O–H groups in total. The fraction of sp³-hybridized carbons (Fsp3) is 0.643. The number of likely N-dealkylation sites (N-methyl/N-ethyl adjacent to an activating group) is 1. The Morgan fingerprint density at radius 2 is 1.92 bits per heavy atom. The van der Waals surface area contributed by atoms with Gasteiger partial charge < -0.3 is 14.4 Å². The number of amides is 2. The maximum absolute atomic E-state index is 13.6. The van der Waals surface area contributed by atoms with E-state index in [1.54, 1.807) is 25.1 Å². The largest absolute Gasteiger partial charge is 0.446 e. The molecule has 0 bridgehead atoms. The molecule has 0 spiro atoms. The Morgan fingerprint density at radius 3 is 2.62 bits per heavy atom. The van der Waals surface area contributed by atoms with Crippen molar-refractivity contribution in [2.45, 2.75) is 72.3 Å². The molecule has 9 heteroatoms. The van der Waals surface area contributed by atoms with Gasteiger partial charge in [-0.3, -0.25) is 14.1 Å². The Balaban J connectivity index is 1.36. The van der Waals surface area contributed by atoms with Crippen LogP contribution in [0.3, 0.4) is 0 Å². The Bertz CT molecular complexity index is 1250. The van der Waals surface area contributed by atoms with Gasteiger partial charge in [-0.2, -0.15) is 8.42 Å². The normalized spacial score (nSPS) is 36.9. The van der Waals surface area contributed by atoms with E-state index < -0.39 is 10.4 Å². The Kier molecular flexibility index (Phi) is 6.46. The molecular formula is C28H38N2O6S. The van der Waals surface area contributed by atoms with Crippen LogP contribution in [0, 0.1) is 41.4 Å². The molecule has 4 aliphatic rings. The van der Waals surface area contributed by atoms with E-state index in [1.807, 2.05) is 0 Å². The molecule has 202 valence electrons. The van der Waals surface area contributed by atoms with Gasteiger partial charge in [0.1, 0.15) is 5.75 Å². The van der Waals surface area contributed by atoms with Gasteiger partial charge in [0.05, 0.1) is 0 Å². The van der Waals surface area contributed by atoms with E-state index in [1.165, 1.54) is 6.07 Å². The average Bonchev–Trinajstić information content (AvgIpc) is 3.18. The number of fused-ring (bicyclic) bond motifs is 5. The molecule has 1 aromatic carbocycles. The van der Waals surface area contributed by atoms with Crippen LogP contribution in [0.1, 0.15) is 64.9 Å². The third-order valence-corrected chi connectivity index (χ3v) is 10.8. The van der Waals surface area contributed by atoms with Crippen molar-refractivity contribution in [1.82, 2.24) is 4.90 Å². The molecule has 3 aliphatic carbocycles. The van der Waals surface area contributed by atoms with Gasteiger partial charge in [0.15, 0.2) is 0 Å². The van der Waals surface area contributed by atoms with Gasteiger partial charge in [-0.1, -0.05) is 26.0 Å². The maximum Gasteiger partial charge on any atom is 0.446 e. The lowest BCUT2D eigenvalue weighted by molar-refractivity contribution is -0.143. The summed E-state index contributed by atoms with van der Waals surface area (Å²) in [6.45, 7) is 9.07. The molecule has 1 aliphatic heterocycles. The number of nitrogens with zero attached hydrogens (tertiary/aromatic N) is 1. The summed E-state index contributed by atoms with van der Waals surface area (Å²) in [4.78, 5) is 28.2. The van der Waals surface area contributed by atoms with Crippen molar-refractivity contribution in [1.29, 1.82) is 0 Å². The van der Waals surface area contributed by atoms with Crippen LogP contribution in [-0.2, 0) is 20.0 Å². The molecule has 3 fully saturated rings. The molecule has 5 rings (SSSR count). The first-order chi connectivity index (χ1) is 17.4. The number of benzene rings is 1. The van der Waals surface area contributed by atoms with Crippen molar-refractivity contribution >= 4 is 27.9 Å². The van der Waals surface area contributed by atoms with Crippen molar-refractivity contribution in [3.63, 3.8) is 0 Å². The lowest BCUT2D eigenvalue weighted by atomic mass is 9.47. The van der Waals surface area contributed by atoms with Crippen LogP contribution in [0.2, 0.25) is 0 Å². The molecule has 0 saturated heterocycles. The fourth-order valence-electron chi connectivity index (χ4n) is 8.58. The fourth-order valence-corrected chi connectivity index (χ4v) is 8.99. The van der Waals surface area contributed by atoms with Gasteiger partial charge in [-0.05, 0) is 93.7 Å². The quantitative estimate of drug-likeness (QED) is 0.531. The first-order valence-corrected chi connectivity index (χ1v) is 14.8. The van der Waals surface area contributed by atoms with Crippen molar-refractivity contribution in [2.75, 3.05) is 11.9 Å². The van der Waals surface area contributed by atoms with E-state index in [-0.39, 0.29) is 40.4 Å². The second kappa shape index (κ2) is 9.12. The minimum atomic E-state index is -4.66. The molecule has 0 aromatic heterocycles. The van der Waals surface area contributed by atoms with Gasteiger partial charge in [0.25, 0.3) is 0 Å². The number of anilines is 1. The van der Waals surface area contributed by atoms with Gasteiger partial charge >= 0.3 is 10.4 Å². The van der Waals surface area contributed by atoms with E-state index in [2.05, 4.69) is 41.2 Å². The highest BCUT2D eigenvalue weighted by Crippen LogP contribution is 2.65. The Labute approximate surface area is 219 Å². The zero-order valence-corrected chi connectivity index (χ0v) is 22.9. The summed E-state index contributed by atoms with van der Waals surface area (Å²) in [7, 11) is -4.66. The van der Waals surface area contributed by atoms with Crippen LogP contribution in [0.15, 0.2) is 30.4 Å². The Morgan fingerprint density at radius 1 is 1.16 bits per heavy atom. The number of rotatable bonds is 5. The smallest absolute Gasteiger partial charge is 0.361 e. The molecule has 3 saturated carbocycles. The standard InChI is InChI=1S/C28H38N2O6S/c1-5-30-24-12-9-18-19-10-11-21(27(19,3)15-13-20(18)28(24,4)16-14-25(30)31)26(32)29-22-7-6-8-23(17(22)2)36-37(33,34)35/h6-8,14,16,18-21,24H,5,9-13,15H2,1-4H3,(H,29,32)(H,33,34,35)/t18-,19-,20-,21+,24+,27-,28+/m0/s1. The molecule has 7 atom stereocenters. The van der Waals surface area contributed by atoms with Gasteiger partial charge in [0, 0.05) is 35.2 Å². The summed E-state index contributed by atoms with van der Waals surface area (Å²) in [5.74, 6) is 1.42. The zero-order chi connectivity index (χ0) is 26.8. The first kappa shape index (κ1) is 26.2. The molecule has 0 radical (unpaired) electrons. The van der Waals surface area contributed by atoms with E-state index in [4.69, 9.17) is 4.55 Å². The molecule has 2 amide bonds. The van der Waals surface area contributed by atoms with E-state index in [0.717, 1.165) is 45.1 Å². The van der Waals surface area contributed by atoms with Crippen LogP contribution < -0.4 is 9.50 Å². The molecule has 1 aromatic rings. The summed E-state index contributed by atoms with van der Waals surface area (Å²) in [6, 6.07) is 5.00. The average molecular weight is 531 g/mol. The van der Waals surface area contributed by atoms with Crippen LogP contribution in [0.25, 0.3) is 0 Å². The molecule has 0 unspecified atom stereocenters. The van der Waals surface area contributed by atoms with Gasteiger partial charge in [-0.15, -0.1) is 0 Å². The second-order valence-electron chi connectivity index (χ2n) is 11.9. The topological polar surface area (TPSA) is 113 Å². The third-order valence-electron chi connectivity index (χ3n) is 10.4. The number of nitrogens with one attached hydrogen (secondary N) is 1. The summed E-state index contributed by atoms with van der Waals surface area (Å²) in [5.41, 5.74) is 0.793. The summed E-state index contributed by atoms with van der Waals surface area (Å²) in [5, 5.41) is 3.03. The number of carbonyl (C=O) groups is 2. The molecule has 8 nitrogen and oxygen atoms in total. The lowest BCUT2D eigenvalue weighted by Gasteiger charge is -2.60. The van der Waals surface area contributed by atoms with Gasteiger partial charge in [-0.25, -0.2) is 0 Å². The van der Waals surface area contributed by atoms with Crippen molar-refractivity contribution in [3.8, 4) is 5.75 Å². The molecule has 1 heterocycles. The van der Waals surface area contributed by atoms with Crippen LogP contribution in [0.5, 0.6) is 5.75 Å². The number of hydrogen-bond donors (Lipinski definition) is 2. The highest BCUT2D eigenvalue weighted by atomic mass is 32.3. The van der Waals surface area contributed by atoms with Crippen molar-refractivity contribution in [3.05, 3.63) is 35.9 Å². The summed E-state index contributed by atoms with van der Waals surface area (Å²) in [6.07, 6.45) is 9.92. The van der Waals surface area contributed by atoms with E-state index >= 15 is 0 Å². The zero-order valence-electron chi connectivity index (χ0n) is 22.1. The second-order valence-corrected chi connectivity index (χ2v) is 12.9. The third kappa shape index (κ3) is 4.28. The predicted molar refractivity (Wildman–Crippen MR) is 140 cm³/mol. The molecular weight excluding hydrogens is 492 g/mol. The first-order valence-electron chi connectivity index (χ1n) is 13.5. The summed E-state index contributed by atoms with van der Waals surface area (Å²) < 4.78 is 36.1. The van der Waals surface area contributed by atoms with Crippen molar-refractivity contribution in [2.24, 2.45) is 34.5 Å². The minimum Gasteiger partial charge on any atom is -0.361 e. The monoisotopic (exact) mass is 530 g/mol. The number of carbonyl (C=O) groups excluding carboxylic acids is 2.